The number of aryl methyl sites for hydroxylation is 2. The van der Waals surface area contributed by atoms with Gasteiger partial charge in [0.2, 0.25) is 5.91 Å². The predicted molar refractivity (Wildman–Crippen MR) is 109 cm³/mol. The minimum absolute atomic E-state index is 0.0735. The zero-order chi connectivity index (χ0) is 19.5. The maximum absolute atomic E-state index is 12.9. The molecule has 0 aliphatic carbocycles. The maximum Gasteiger partial charge on any atom is 0.291 e. The van der Waals surface area contributed by atoms with E-state index in [0.29, 0.717) is 12.1 Å². The van der Waals surface area contributed by atoms with Gasteiger partial charge < -0.3 is 9.88 Å². The van der Waals surface area contributed by atoms with Crippen LogP contribution in [0.2, 0.25) is 0 Å². The van der Waals surface area contributed by atoms with E-state index in [1.54, 1.807) is 23.9 Å². The highest BCUT2D eigenvalue weighted by molar-refractivity contribution is 7.16. The molecule has 4 heterocycles. The van der Waals surface area contributed by atoms with E-state index in [1.807, 2.05) is 32.7 Å². The molecule has 28 heavy (non-hydrogen) atoms. The van der Waals surface area contributed by atoms with Crippen LogP contribution in [0.5, 0.6) is 0 Å². The SMILES string of the molecule is CCCc1nn(CC(=O)NCCCn2ccnc2)c(=O)c2cc3ccsc3n12. The molecule has 0 spiro atoms. The molecule has 0 saturated heterocycles. The third kappa shape index (κ3) is 3.57. The van der Waals surface area contributed by atoms with Gasteiger partial charge >= 0.3 is 0 Å². The summed E-state index contributed by atoms with van der Waals surface area (Å²) in [5, 5.41) is 10.4. The summed E-state index contributed by atoms with van der Waals surface area (Å²) in [6, 6.07) is 3.88. The van der Waals surface area contributed by atoms with Crippen LogP contribution in [0.3, 0.4) is 0 Å². The number of carbonyl (C=O) groups is 1. The number of nitrogens with zero attached hydrogens (tertiary/aromatic N) is 5. The number of hydrogen-bond donors (Lipinski definition) is 1. The molecule has 0 bridgehead atoms. The second-order valence-corrected chi connectivity index (χ2v) is 7.57. The maximum atomic E-state index is 12.9. The van der Waals surface area contributed by atoms with Crippen LogP contribution < -0.4 is 10.9 Å². The third-order valence-electron chi connectivity index (χ3n) is 4.60. The lowest BCUT2D eigenvalue weighted by Crippen LogP contribution is -2.35. The molecule has 0 aromatic carbocycles. The lowest BCUT2D eigenvalue weighted by molar-refractivity contribution is -0.121. The monoisotopic (exact) mass is 398 g/mol. The fourth-order valence-electron chi connectivity index (χ4n) is 3.29. The van der Waals surface area contributed by atoms with Crippen molar-refractivity contribution in [3.63, 3.8) is 0 Å². The van der Waals surface area contributed by atoms with Crippen LogP contribution >= 0.6 is 11.3 Å². The standard InChI is InChI=1S/C19H22N6O2S/c1-2-4-16-22-24(12-17(26)21-6-3-8-23-9-7-20-13-23)18(27)15-11-14-5-10-28-19(14)25(15)16/h5,7,9-11,13H,2-4,6,8,12H2,1H3,(H,21,26). The van der Waals surface area contributed by atoms with Crippen molar-refractivity contribution in [1.29, 1.82) is 0 Å². The molecular formula is C19H22N6O2S. The van der Waals surface area contributed by atoms with E-state index in [0.717, 1.165) is 41.8 Å². The largest absolute Gasteiger partial charge is 0.354 e. The number of amides is 1. The van der Waals surface area contributed by atoms with Gasteiger partial charge in [-0.15, -0.1) is 11.3 Å². The molecule has 1 N–H and O–H groups in total. The van der Waals surface area contributed by atoms with Crippen LogP contribution in [0, 0.1) is 0 Å². The predicted octanol–water partition coefficient (Wildman–Crippen LogP) is 2.07. The summed E-state index contributed by atoms with van der Waals surface area (Å²) in [7, 11) is 0. The lowest BCUT2D eigenvalue weighted by Gasteiger charge is -2.11. The Hall–Kier alpha value is -2.94. The zero-order valence-electron chi connectivity index (χ0n) is 15.7. The van der Waals surface area contributed by atoms with E-state index in [9.17, 15) is 9.59 Å². The third-order valence-corrected chi connectivity index (χ3v) is 5.51. The molecule has 8 nitrogen and oxygen atoms in total. The highest BCUT2D eigenvalue weighted by Gasteiger charge is 2.16. The topological polar surface area (TPSA) is 86.2 Å². The Labute approximate surface area is 165 Å². The first kappa shape index (κ1) is 18.4. The Bertz CT molecular complexity index is 1150. The Morgan fingerprint density at radius 2 is 2.25 bits per heavy atom. The molecule has 0 saturated carbocycles. The van der Waals surface area contributed by atoms with Crippen LogP contribution in [0.15, 0.2) is 41.0 Å². The summed E-state index contributed by atoms with van der Waals surface area (Å²) in [6.45, 7) is 3.32. The number of carbonyl (C=O) groups excluding carboxylic acids is 1. The number of fused-ring (bicyclic) bond motifs is 3. The molecule has 0 unspecified atom stereocenters. The van der Waals surface area contributed by atoms with Crippen molar-refractivity contribution in [1.82, 2.24) is 29.0 Å². The van der Waals surface area contributed by atoms with Gasteiger partial charge in [0.1, 0.15) is 22.7 Å². The fourth-order valence-corrected chi connectivity index (χ4v) is 4.21. The molecule has 0 atom stereocenters. The van der Waals surface area contributed by atoms with E-state index in [-0.39, 0.29) is 18.0 Å². The summed E-state index contributed by atoms with van der Waals surface area (Å²) >= 11 is 1.59. The molecule has 146 valence electrons. The van der Waals surface area contributed by atoms with Gasteiger partial charge in [0, 0.05) is 37.3 Å². The molecule has 4 aromatic rings. The summed E-state index contributed by atoms with van der Waals surface area (Å²) in [4.78, 5) is 30.2. The van der Waals surface area contributed by atoms with Gasteiger partial charge in [-0.3, -0.25) is 14.0 Å². The Morgan fingerprint density at radius 3 is 3.04 bits per heavy atom. The quantitative estimate of drug-likeness (QED) is 0.460. The van der Waals surface area contributed by atoms with E-state index in [1.165, 1.54) is 4.68 Å². The van der Waals surface area contributed by atoms with Crippen LogP contribution in [-0.2, 0) is 24.3 Å². The van der Waals surface area contributed by atoms with Crippen LogP contribution in [-0.4, -0.2) is 36.2 Å². The van der Waals surface area contributed by atoms with Crippen molar-refractivity contribution < 1.29 is 4.79 Å². The van der Waals surface area contributed by atoms with Crippen LogP contribution in [0.1, 0.15) is 25.6 Å². The minimum atomic E-state index is -0.239. The number of rotatable bonds is 8. The molecule has 0 aliphatic rings. The number of nitrogens with one attached hydrogen (secondary N) is 1. The second-order valence-electron chi connectivity index (χ2n) is 6.68. The van der Waals surface area contributed by atoms with E-state index >= 15 is 0 Å². The number of aromatic nitrogens is 5. The molecular weight excluding hydrogens is 376 g/mol. The van der Waals surface area contributed by atoms with E-state index < -0.39 is 0 Å². The molecule has 0 aliphatic heterocycles. The highest BCUT2D eigenvalue weighted by Crippen LogP contribution is 2.24. The van der Waals surface area contributed by atoms with Crippen molar-refractivity contribution in [3.8, 4) is 0 Å². The number of imidazole rings is 1. The Balaban J connectivity index is 1.50. The first-order valence-corrected chi connectivity index (χ1v) is 10.3. The number of hydrogen-bond acceptors (Lipinski definition) is 5. The van der Waals surface area contributed by atoms with Gasteiger partial charge in [-0.1, -0.05) is 6.92 Å². The van der Waals surface area contributed by atoms with Crippen LogP contribution in [0.25, 0.3) is 15.7 Å². The molecule has 4 aromatic heterocycles. The van der Waals surface area contributed by atoms with Crippen LogP contribution in [0.4, 0.5) is 0 Å². The van der Waals surface area contributed by atoms with Gasteiger partial charge in [0.25, 0.3) is 5.56 Å². The average Bonchev–Trinajstić information content (AvgIpc) is 3.39. The first-order chi connectivity index (χ1) is 13.7. The zero-order valence-corrected chi connectivity index (χ0v) is 16.5. The van der Waals surface area contributed by atoms with Gasteiger partial charge in [-0.05, 0) is 30.4 Å². The fraction of sp³-hybridized carbons (Fsp3) is 0.368. The summed E-state index contributed by atoms with van der Waals surface area (Å²) in [6.07, 6.45) is 7.80. The van der Waals surface area contributed by atoms with Crippen molar-refractivity contribution in [2.24, 2.45) is 0 Å². The molecule has 1 amide bonds. The summed E-state index contributed by atoms with van der Waals surface area (Å²) in [5.41, 5.74) is 0.338. The van der Waals surface area contributed by atoms with Gasteiger partial charge in [0.05, 0.1) is 6.33 Å². The van der Waals surface area contributed by atoms with Crippen molar-refractivity contribution in [2.45, 2.75) is 39.3 Å². The highest BCUT2D eigenvalue weighted by atomic mass is 32.1. The van der Waals surface area contributed by atoms with Crippen molar-refractivity contribution >= 4 is 33.0 Å². The van der Waals surface area contributed by atoms with Gasteiger partial charge in [0.15, 0.2) is 0 Å². The minimum Gasteiger partial charge on any atom is -0.354 e. The summed E-state index contributed by atoms with van der Waals surface area (Å²) < 4.78 is 5.18. The second kappa shape index (κ2) is 7.97. The van der Waals surface area contributed by atoms with E-state index in [4.69, 9.17) is 0 Å². The lowest BCUT2D eigenvalue weighted by atomic mass is 10.3. The molecule has 0 fully saturated rings. The number of thiophene rings is 1. The van der Waals surface area contributed by atoms with Crippen molar-refractivity contribution in [3.05, 3.63) is 52.4 Å². The normalized spacial score (nSPS) is 11.5. The average molecular weight is 398 g/mol. The first-order valence-electron chi connectivity index (χ1n) is 9.38. The molecule has 4 rings (SSSR count). The summed E-state index contributed by atoms with van der Waals surface area (Å²) in [5.74, 6) is 0.600. The van der Waals surface area contributed by atoms with Crippen molar-refractivity contribution in [2.75, 3.05) is 6.54 Å². The van der Waals surface area contributed by atoms with E-state index in [2.05, 4.69) is 22.3 Å². The van der Waals surface area contributed by atoms with Gasteiger partial charge in [-0.2, -0.15) is 5.10 Å². The Kier molecular flexibility index (Phi) is 5.25. The molecule has 9 heteroatoms. The van der Waals surface area contributed by atoms with Gasteiger partial charge in [-0.25, -0.2) is 9.67 Å². The Morgan fingerprint density at radius 1 is 1.36 bits per heavy atom. The molecule has 0 radical (unpaired) electrons. The smallest absolute Gasteiger partial charge is 0.291 e.